The smallest absolute Gasteiger partial charge is 0.168 e. The van der Waals surface area contributed by atoms with Gasteiger partial charge in [-0.1, -0.05) is 84.0 Å². The Morgan fingerprint density at radius 1 is 0.829 bits per heavy atom. The summed E-state index contributed by atoms with van der Waals surface area (Å²) in [4.78, 5) is 31.6. The standard InChI is InChI=1S/C35H32N2O4/c1-22-10-8-9-15-27(22)36-29-18-25(23-11-4-2-5-12-23)19-31(39)34(29)30(38)17-16-28-35-32(40)20-26(21-33(35)41-37-28)24-13-6-3-7-14-24/h2-15,25-26,38H,16-21H2,1H3. The van der Waals surface area contributed by atoms with Gasteiger partial charge in [-0.25, -0.2) is 0 Å². The molecule has 1 aromatic heterocycles. The monoisotopic (exact) mass is 544 g/mol. The first kappa shape index (κ1) is 26.6. The quantitative estimate of drug-likeness (QED) is 0.200. The molecular weight excluding hydrogens is 512 g/mol. The summed E-state index contributed by atoms with van der Waals surface area (Å²) in [5, 5.41) is 15.5. The lowest BCUT2D eigenvalue weighted by atomic mass is 9.78. The van der Waals surface area contributed by atoms with Crippen molar-refractivity contribution in [2.45, 2.75) is 57.3 Å². The van der Waals surface area contributed by atoms with Crippen molar-refractivity contribution in [3.05, 3.63) is 130 Å². The van der Waals surface area contributed by atoms with Gasteiger partial charge in [0.15, 0.2) is 11.6 Å². The topological polar surface area (TPSA) is 92.8 Å². The molecule has 2 aliphatic rings. The van der Waals surface area contributed by atoms with E-state index in [1.807, 2.05) is 91.9 Å². The highest BCUT2D eigenvalue weighted by atomic mass is 16.5. The third-order valence-corrected chi connectivity index (χ3v) is 8.21. The van der Waals surface area contributed by atoms with Crippen molar-refractivity contribution in [3.8, 4) is 0 Å². The number of para-hydroxylation sites is 1. The van der Waals surface area contributed by atoms with Crippen LogP contribution in [0.4, 0.5) is 5.69 Å². The number of aliphatic hydroxyl groups is 1. The van der Waals surface area contributed by atoms with Gasteiger partial charge in [-0.05, 0) is 47.9 Å². The number of aliphatic imine (C=N–C) groups is 1. The Kier molecular flexibility index (Phi) is 7.47. The largest absolute Gasteiger partial charge is 0.511 e. The maximum atomic E-state index is 13.5. The number of rotatable bonds is 6. The highest BCUT2D eigenvalue weighted by molar-refractivity contribution is 6.25. The number of hydrogen-bond acceptors (Lipinski definition) is 6. The molecule has 0 aliphatic heterocycles. The molecule has 1 N–H and O–H groups in total. The van der Waals surface area contributed by atoms with Crippen LogP contribution in [0.15, 0.2) is 106 Å². The van der Waals surface area contributed by atoms with E-state index in [0.717, 1.165) is 22.4 Å². The van der Waals surface area contributed by atoms with Crippen molar-refractivity contribution in [1.82, 2.24) is 5.16 Å². The average molecular weight is 545 g/mol. The molecule has 2 aliphatic carbocycles. The van der Waals surface area contributed by atoms with Gasteiger partial charge in [0, 0.05) is 32.1 Å². The molecule has 1 fully saturated rings. The second-order valence-corrected chi connectivity index (χ2v) is 11.0. The summed E-state index contributed by atoms with van der Waals surface area (Å²) in [5.41, 5.74) is 5.90. The second kappa shape index (κ2) is 11.5. The Labute approximate surface area is 239 Å². The maximum Gasteiger partial charge on any atom is 0.168 e. The first-order valence-corrected chi connectivity index (χ1v) is 14.2. The fourth-order valence-corrected chi connectivity index (χ4v) is 6.05. The molecule has 0 saturated heterocycles. The number of hydrogen-bond donors (Lipinski definition) is 1. The fourth-order valence-electron chi connectivity index (χ4n) is 6.05. The summed E-state index contributed by atoms with van der Waals surface area (Å²) in [5.74, 6) is 0.504. The SMILES string of the molecule is Cc1ccccc1N=C1CC(c2ccccc2)CC(=O)C1=C(O)CCc1noc2c1C(=O)CC(c1ccccc1)C2. The van der Waals surface area contributed by atoms with Crippen molar-refractivity contribution < 1.29 is 19.2 Å². The van der Waals surface area contributed by atoms with Crippen molar-refractivity contribution in [2.24, 2.45) is 4.99 Å². The lowest BCUT2D eigenvalue weighted by Crippen LogP contribution is -2.26. The Morgan fingerprint density at radius 2 is 1.44 bits per heavy atom. The van der Waals surface area contributed by atoms with Crippen molar-refractivity contribution in [1.29, 1.82) is 0 Å². The average Bonchev–Trinajstić information content (AvgIpc) is 3.41. The van der Waals surface area contributed by atoms with Crippen LogP contribution in [0.1, 0.15) is 76.0 Å². The first-order chi connectivity index (χ1) is 20.0. The summed E-state index contributed by atoms with van der Waals surface area (Å²) < 4.78 is 5.63. The minimum absolute atomic E-state index is 0.00439. The number of carbonyl (C=O) groups is 2. The van der Waals surface area contributed by atoms with Gasteiger partial charge in [-0.3, -0.25) is 14.6 Å². The van der Waals surface area contributed by atoms with Gasteiger partial charge < -0.3 is 9.63 Å². The molecule has 0 bridgehead atoms. The van der Waals surface area contributed by atoms with Crippen LogP contribution in [0.25, 0.3) is 0 Å². The zero-order chi connectivity index (χ0) is 28.3. The van der Waals surface area contributed by atoms with Crippen molar-refractivity contribution in [3.63, 3.8) is 0 Å². The van der Waals surface area contributed by atoms with Crippen LogP contribution in [0.5, 0.6) is 0 Å². The predicted octanol–water partition coefficient (Wildman–Crippen LogP) is 7.56. The number of fused-ring (bicyclic) bond motifs is 1. The van der Waals surface area contributed by atoms with E-state index in [9.17, 15) is 14.7 Å². The first-order valence-electron chi connectivity index (χ1n) is 14.2. The Balaban J connectivity index is 1.27. The van der Waals surface area contributed by atoms with E-state index in [1.54, 1.807) is 0 Å². The van der Waals surface area contributed by atoms with E-state index in [1.165, 1.54) is 0 Å². The van der Waals surface area contributed by atoms with Gasteiger partial charge >= 0.3 is 0 Å². The molecule has 41 heavy (non-hydrogen) atoms. The normalized spacial score (nSPS) is 21.1. The molecule has 206 valence electrons. The lowest BCUT2D eigenvalue weighted by molar-refractivity contribution is -0.116. The Bertz CT molecular complexity index is 1650. The number of aryl methyl sites for hydroxylation is 2. The van der Waals surface area contributed by atoms with Gasteiger partial charge in [0.2, 0.25) is 0 Å². The summed E-state index contributed by atoms with van der Waals surface area (Å²) in [7, 11) is 0. The summed E-state index contributed by atoms with van der Waals surface area (Å²) >= 11 is 0. The highest BCUT2D eigenvalue weighted by Crippen LogP contribution is 2.37. The molecule has 2 unspecified atom stereocenters. The third-order valence-electron chi connectivity index (χ3n) is 8.21. The number of ketones is 2. The van der Waals surface area contributed by atoms with E-state index in [2.05, 4.69) is 5.16 Å². The van der Waals surface area contributed by atoms with E-state index < -0.39 is 0 Å². The van der Waals surface area contributed by atoms with Crippen LogP contribution in [0.2, 0.25) is 0 Å². The number of allylic oxidation sites excluding steroid dienone is 2. The zero-order valence-electron chi connectivity index (χ0n) is 23.0. The molecule has 2 atom stereocenters. The second-order valence-electron chi connectivity index (χ2n) is 11.0. The van der Waals surface area contributed by atoms with Gasteiger partial charge in [-0.15, -0.1) is 0 Å². The molecular formula is C35H32N2O4. The molecule has 0 amide bonds. The molecule has 0 spiro atoms. The van der Waals surface area contributed by atoms with E-state index in [-0.39, 0.29) is 41.2 Å². The van der Waals surface area contributed by atoms with Gasteiger partial charge in [0.25, 0.3) is 0 Å². The summed E-state index contributed by atoms with van der Waals surface area (Å²) in [6.45, 7) is 1.98. The molecule has 1 saturated carbocycles. The molecule has 6 nitrogen and oxygen atoms in total. The molecule has 4 aromatic rings. The fraction of sp³-hybridized carbons (Fsp3) is 0.257. The van der Waals surface area contributed by atoms with Crippen LogP contribution in [-0.4, -0.2) is 27.5 Å². The molecule has 6 rings (SSSR count). The van der Waals surface area contributed by atoms with Gasteiger partial charge in [0.05, 0.1) is 28.2 Å². The summed E-state index contributed by atoms with van der Waals surface area (Å²) in [6.07, 6.45) is 2.31. The maximum absolute atomic E-state index is 13.5. The number of benzene rings is 3. The molecule has 1 heterocycles. The highest BCUT2D eigenvalue weighted by Gasteiger charge is 2.34. The molecule has 6 heteroatoms. The number of nitrogens with zero attached hydrogens (tertiary/aromatic N) is 2. The van der Waals surface area contributed by atoms with Crippen LogP contribution in [0, 0.1) is 6.92 Å². The Hall–Kier alpha value is -4.58. The Morgan fingerprint density at radius 3 is 2.12 bits per heavy atom. The van der Waals surface area contributed by atoms with Crippen molar-refractivity contribution in [2.75, 3.05) is 0 Å². The van der Waals surface area contributed by atoms with E-state index in [0.29, 0.717) is 54.8 Å². The van der Waals surface area contributed by atoms with E-state index >= 15 is 0 Å². The van der Waals surface area contributed by atoms with Crippen LogP contribution < -0.4 is 0 Å². The third kappa shape index (κ3) is 5.55. The van der Waals surface area contributed by atoms with Crippen LogP contribution in [0.3, 0.4) is 0 Å². The molecule has 3 aromatic carbocycles. The van der Waals surface area contributed by atoms with E-state index in [4.69, 9.17) is 9.52 Å². The lowest BCUT2D eigenvalue weighted by Gasteiger charge is -2.26. The van der Waals surface area contributed by atoms with Gasteiger partial charge in [-0.2, -0.15) is 0 Å². The van der Waals surface area contributed by atoms with Gasteiger partial charge in [0.1, 0.15) is 11.5 Å². The minimum atomic E-state index is -0.126. The van der Waals surface area contributed by atoms with Crippen LogP contribution >= 0.6 is 0 Å². The minimum Gasteiger partial charge on any atom is -0.511 e. The number of aromatic nitrogens is 1. The van der Waals surface area contributed by atoms with Crippen LogP contribution in [-0.2, 0) is 17.6 Å². The number of carbonyl (C=O) groups excluding carboxylic acids is 2. The van der Waals surface area contributed by atoms with Crippen molar-refractivity contribution >= 4 is 23.0 Å². The number of aliphatic hydroxyl groups excluding tert-OH is 1. The number of Topliss-reactive ketones (excluding diaryl/α,β-unsaturated/α-hetero) is 2. The predicted molar refractivity (Wildman–Crippen MR) is 158 cm³/mol. The zero-order valence-corrected chi connectivity index (χ0v) is 23.0. The summed E-state index contributed by atoms with van der Waals surface area (Å²) in [6, 6.07) is 27.7. The molecule has 0 radical (unpaired) electrons.